The Labute approximate surface area is 416 Å². The van der Waals surface area contributed by atoms with Crippen LogP contribution in [0.4, 0.5) is 0 Å². The second-order valence-corrected chi connectivity index (χ2v) is 18.2. The van der Waals surface area contributed by atoms with Gasteiger partial charge in [-0.1, -0.05) is 182 Å². The Morgan fingerprint density at radius 2 is 0.639 bits per heavy atom. The number of aromatic nitrogens is 3. The molecule has 0 fully saturated rings. The van der Waals surface area contributed by atoms with Gasteiger partial charge in [-0.2, -0.15) is 10.5 Å². The highest BCUT2D eigenvalue weighted by Crippen LogP contribution is 2.53. The SMILES string of the molecule is N#Cc1ccc(-c2cc(-c3ccc(C#N)cc3)cc(-c3ccc4c5c(ccc(-c6ccc(-c7nc(-c8ccccc8)nc(-c8ccc9ccccc9c8)n7)cc6)c35)-c3ccc(-c5ccccc5)cc3-4)c2)cc1. The standard InChI is InChI=1S/C67H39N5/c68-40-42-15-19-46(20-16-42)54-36-55(47-21-17-43(41-69)18-22-47)38-56(37-54)58-32-34-61-62-39-52(44-9-3-1-4-10-44)29-30-59(62)60-33-31-57(63(58)64(60)61)48-24-26-50(27-25-48)66-70-65(49-12-5-2-6-13-49)71-67(72-66)53-28-23-45-11-7-8-14-51(45)35-53/h1-39H. The molecule has 0 unspecified atom stereocenters. The van der Waals surface area contributed by atoms with Crippen LogP contribution in [0.2, 0.25) is 0 Å². The average molecular weight is 914 g/mol. The summed E-state index contributed by atoms with van der Waals surface area (Å²) >= 11 is 0. The summed E-state index contributed by atoms with van der Waals surface area (Å²) in [7, 11) is 0. The molecule has 1 aliphatic carbocycles. The van der Waals surface area contributed by atoms with E-state index >= 15 is 0 Å². The highest BCUT2D eigenvalue weighted by atomic mass is 15.0. The van der Waals surface area contributed by atoms with Gasteiger partial charge in [-0.05, 0) is 154 Å². The van der Waals surface area contributed by atoms with Crippen LogP contribution in [-0.4, -0.2) is 15.0 Å². The molecule has 11 aromatic carbocycles. The van der Waals surface area contributed by atoms with Gasteiger partial charge >= 0.3 is 0 Å². The molecule has 72 heavy (non-hydrogen) atoms. The Hall–Kier alpha value is -10.1. The molecule has 0 spiro atoms. The summed E-state index contributed by atoms with van der Waals surface area (Å²) in [6.07, 6.45) is 0. The van der Waals surface area contributed by atoms with Crippen molar-refractivity contribution in [2.75, 3.05) is 0 Å². The molecule has 332 valence electrons. The van der Waals surface area contributed by atoms with Crippen LogP contribution < -0.4 is 0 Å². The van der Waals surface area contributed by atoms with Crippen LogP contribution in [0, 0.1) is 22.7 Å². The topological polar surface area (TPSA) is 86.2 Å². The monoisotopic (exact) mass is 913 g/mol. The van der Waals surface area contributed by atoms with Crippen molar-refractivity contribution in [3.05, 3.63) is 248 Å². The van der Waals surface area contributed by atoms with E-state index in [1.807, 2.05) is 78.9 Å². The van der Waals surface area contributed by atoms with E-state index in [0.717, 1.165) is 77.4 Å². The predicted molar refractivity (Wildman–Crippen MR) is 292 cm³/mol. The van der Waals surface area contributed by atoms with E-state index in [1.54, 1.807) is 0 Å². The summed E-state index contributed by atoms with van der Waals surface area (Å²) in [6.45, 7) is 0. The molecule has 12 aromatic rings. The fourth-order valence-electron chi connectivity index (χ4n) is 10.3. The van der Waals surface area contributed by atoms with E-state index < -0.39 is 0 Å². The third kappa shape index (κ3) is 7.47. The second kappa shape index (κ2) is 17.5. The molecule has 0 aliphatic heterocycles. The van der Waals surface area contributed by atoms with Crippen LogP contribution >= 0.6 is 0 Å². The fourth-order valence-corrected chi connectivity index (χ4v) is 10.3. The minimum atomic E-state index is 0.597. The van der Waals surface area contributed by atoms with Gasteiger partial charge in [0.1, 0.15) is 0 Å². The molecule has 0 saturated heterocycles. The average Bonchev–Trinajstić information content (AvgIpc) is 3.79. The summed E-state index contributed by atoms with van der Waals surface area (Å²) in [5, 5.41) is 24.0. The maximum atomic E-state index is 9.66. The molecule has 13 rings (SSSR count). The summed E-state index contributed by atoms with van der Waals surface area (Å²) in [4.78, 5) is 15.2. The van der Waals surface area contributed by atoms with Gasteiger partial charge in [-0.25, -0.2) is 15.0 Å². The number of nitriles is 2. The van der Waals surface area contributed by atoms with Gasteiger partial charge in [0.25, 0.3) is 0 Å². The second-order valence-electron chi connectivity index (χ2n) is 18.2. The van der Waals surface area contributed by atoms with Crippen molar-refractivity contribution in [3.63, 3.8) is 0 Å². The first-order valence-electron chi connectivity index (χ1n) is 23.9. The van der Waals surface area contributed by atoms with E-state index in [1.165, 1.54) is 38.8 Å². The van der Waals surface area contributed by atoms with Gasteiger partial charge in [0.15, 0.2) is 17.5 Å². The Morgan fingerprint density at radius 3 is 1.25 bits per heavy atom. The van der Waals surface area contributed by atoms with Crippen LogP contribution in [0.5, 0.6) is 0 Å². The summed E-state index contributed by atoms with van der Waals surface area (Å²) < 4.78 is 0. The van der Waals surface area contributed by atoms with Crippen molar-refractivity contribution in [3.8, 4) is 124 Å². The van der Waals surface area contributed by atoms with Gasteiger partial charge in [-0.3, -0.25) is 0 Å². The number of hydrogen-bond donors (Lipinski definition) is 0. The predicted octanol–water partition coefficient (Wildman–Crippen LogP) is 16.9. The number of hydrogen-bond acceptors (Lipinski definition) is 5. The Kier molecular flexibility index (Phi) is 10.2. The van der Waals surface area contributed by atoms with Crippen molar-refractivity contribution in [2.45, 2.75) is 0 Å². The summed E-state index contributed by atoms with van der Waals surface area (Å²) in [5.74, 6) is 1.83. The lowest BCUT2D eigenvalue weighted by atomic mass is 9.86. The lowest BCUT2D eigenvalue weighted by molar-refractivity contribution is 1.07. The van der Waals surface area contributed by atoms with Crippen molar-refractivity contribution in [1.29, 1.82) is 10.5 Å². The third-order valence-corrected chi connectivity index (χ3v) is 13.9. The van der Waals surface area contributed by atoms with Crippen molar-refractivity contribution < 1.29 is 0 Å². The van der Waals surface area contributed by atoms with Crippen LogP contribution in [0.1, 0.15) is 11.1 Å². The Balaban J connectivity index is 0.998. The Morgan fingerprint density at radius 1 is 0.236 bits per heavy atom. The molecule has 5 heteroatoms. The van der Waals surface area contributed by atoms with Gasteiger partial charge in [0, 0.05) is 16.7 Å². The van der Waals surface area contributed by atoms with Crippen LogP contribution in [0.15, 0.2) is 237 Å². The van der Waals surface area contributed by atoms with Crippen LogP contribution in [0.3, 0.4) is 0 Å². The molecule has 0 saturated carbocycles. The number of nitrogens with zero attached hydrogens (tertiary/aromatic N) is 5. The first kappa shape index (κ1) is 42.1. The van der Waals surface area contributed by atoms with E-state index in [2.05, 4.69) is 170 Å². The van der Waals surface area contributed by atoms with E-state index in [-0.39, 0.29) is 0 Å². The van der Waals surface area contributed by atoms with Gasteiger partial charge in [0.05, 0.1) is 23.3 Å². The quantitative estimate of drug-likeness (QED) is 0.152. The maximum Gasteiger partial charge on any atom is 0.164 e. The van der Waals surface area contributed by atoms with E-state index in [0.29, 0.717) is 28.6 Å². The minimum absolute atomic E-state index is 0.597. The normalized spacial score (nSPS) is 11.3. The fraction of sp³-hybridized carbons (Fsp3) is 0. The first-order valence-corrected chi connectivity index (χ1v) is 23.9. The number of fused-ring (bicyclic) bond motifs is 4. The molecule has 0 radical (unpaired) electrons. The molecular formula is C67H39N5. The van der Waals surface area contributed by atoms with Crippen LogP contribution in [-0.2, 0) is 0 Å². The number of rotatable bonds is 8. The summed E-state index contributed by atoms with van der Waals surface area (Å²) in [5.41, 5.74) is 19.5. The zero-order chi connectivity index (χ0) is 48.1. The highest BCUT2D eigenvalue weighted by Gasteiger charge is 2.26. The van der Waals surface area contributed by atoms with Crippen molar-refractivity contribution in [1.82, 2.24) is 15.0 Å². The van der Waals surface area contributed by atoms with Gasteiger partial charge in [-0.15, -0.1) is 0 Å². The molecule has 1 heterocycles. The molecule has 0 amide bonds. The van der Waals surface area contributed by atoms with E-state index in [9.17, 15) is 10.5 Å². The Bertz CT molecular complexity index is 4110. The molecular weight excluding hydrogens is 875 g/mol. The smallest absolute Gasteiger partial charge is 0.164 e. The largest absolute Gasteiger partial charge is 0.208 e. The van der Waals surface area contributed by atoms with Crippen LogP contribution in [0.25, 0.3) is 134 Å². The highest BCUT2D eigenvalue weighted by molar-refractivity contribution is 6.23. The van der Waals surface area contributed by atoms with Gasteiger partial charge in [0.2, 0.25) is 0 Å². The zero-order valence-corrected chi connectivity index (χ0v) is 38.8. The first-order chi connectivity index (χ1) is 35.5. The molecule has 0 N–H and O–H groups in total. The van der Waals surface area contributed by atoms with Crippen molar-refractivity contribution in [2.24, 2.45) is 0 Å². The number of benzene rings is 11. The summed E-state index contributed by atoms with van der Waals surface area (Å²) in [6, 6.07) is 86.8. The lowest BCUT2D eigenvalue weighted by Crippen LogP contribution is -2.00. The molecule has 1 aliphatic rings. The minimum Gasteiger partial charge on any atom is -0.208 e. The lowest BCUT2D eigenvalue weighted by Gasteiger charge is -2.17. The maximum absolute atomic E-state index is 9.66. The molecule has 0 atom stereocenters. The van der Waals surface area contributed by atoms with E-state index in [4.69, 9.17) is 15.0 Å². The third-order valence-electron chi connectivity index (χ3n) is 13.9. The van der Waals surface area contributed by atoms with Gasteiger partial charge < -0.3 is 0 Å². The zero-order valence-electron chi connectivity index (χ0n) is 38.8. The molecule has 5 nitrogen and oxygen atoms in total. The van der Waals surface area contributed by atoms with Crippen molar-refractivity contribution >= 4 is 21.5 Å². The molecule has 0 bridgehead atoms. The molecule has 1 aromatic heterocycles.